The molecule has 0 heterocycles. The average molecular weight is 225 g/mol. The molecule has 1 atom stereocenters. The lowest BCUT2D eigenvalue weighted by molar-refractivity contribution is 0.475. The first-order valence-electron chi connectivity index (χ1n) is 5.83. The maximum absolute atomic E-state index is 13.5. The summed E-state index contributed by atoms with van der Waals surface area (Å²) in [5, 5.41) is 3.06. The van der Waals surface area contributed by atoms with Gasteiger partial charge in [0.15, 0.2) is 0 Å². The molecule has 1 saturated carbocycles. The summed E-state index contributed by atoms with van der Waals surface area (Å²) in [6.45, 7) is 0. The number of nitrogens with one attached hydrogen (secondary N) is 1. The van der Waals surface area contributed by atoms with Crippen LogP contribution in [-0.2, 0) is 0 Å². The predicted molar refractivity (Wildman–Crippen MR) is 60.1 cm³/mol. The van der Waals surface area contributed by atoms with Crippen molar-refractivity contribution in [2.75, 3.05) is 7.05 Å². The maximum atomic E-state index is 13.5. The van der Waals surface area contributed by atoms with Crippen LogP contribution in [0.5, 0.6) is 0 Å². The second-order valence-corrected chi connectivity index (χ2v) is 4.53. The highest BCUT2D eigenvalue weighted by molar-refractivity contribution is 5.22. The molecular formula is C13H17F2N. The number of benzene rings is 1. The second-order valence-electron chi connectivity index (χ2n) is 4.53. The van der Waals surface area contributed by atoms with Gasteiger partial charge in [-0.15, -0.1) is 0 Å². The maximum Gasteiger partial charge on any atom is 0.128 e. The van der Waals surface area contributed by atoms with E-state index < -0.39 is 0 Å². The molecule has 0 spiro atoms. The molecule has 2 rings (SSSR count). The van der Waals surface area contributed by atoms with Gasteiger partial charge in [-0.1, -0.05) is 12.8 Å². The fraction of sp³-hybridized carbons (Fsp3) is 0.538. The quantitative estimate of drug-likeness (QED) is 0.809. The Labute approximate surface area is 94.9 Å². The van der Waals surface area contributed by atoms with Crippen LogP contribution < -0.4 is 5.32 Å². The number of hydrogen-bond donors (Lipinski definition) is 1. The van der Waals surface area contributed by atoms with E-state index in [2.05, 4.69) is 5.32 Å². The van der Waals surface area contributed by atoms with Crippen LogP contribution in [0.2, 0.25) is 0 Å². The summed E-state index contributed by atoms with van der Waals surface area (Å²) in [7, 11) is 1.79. The Morgan fingerprint density at radius 3 is 2.75 bits per heavy atom. The van der Waals surface area contributed by atoms with E-state index in [1.54, 1.807) is 7.05 Å². The first-order valence-corrected chi connectivity index (χ1v) is 5.83. The molecule has 0 radical (unpaired) electrons. The monoisotopic (exact) mass is 225 g/mol. The molecule has 0 aromatic heterocycles. The van der Waals surface area contributed by atoms with Crippen LogP contribution in [0.4, 0.5) is 8.78 Å². The summed E-state index contributed by atoms with van der Waals surface area (Å²) in [6.07, 6.45) is 4.56. The third kappa shape index (κ3) is 2.79. The third-order valence-electron chi connectivity index (χ3n) is 3.24. The van der Waals surface area contributed by atoms with Crippen LogP contribution >= 0.6 is 0 Å². The summed E-state index contributed by atoms with van der Waals surface area (Å²) < 4.78 is 26.6. The van der Waals surface area contributed by atoms with Crippen molar-refractivity contribution in [1.29, 1.82) is 0 Å². The van der Waals surface area contributed by atoms with Crippen LogP contribution in [0.15, 0.2) is 18.2 Å². The smallest absolute Gasteiger partial charge is 0.128 e. The van der Waals surface area contributed by atoms with Gasteiger partial charge in [0, 0.05) is 11.6 Å². The van der Waals surface area contributed by atoms with Gasteiger partial charge in [-0.2, -0.15) is 0 Å². The van der Waals surface area contributed by atoms with Gasteiger partial charge in [0.2, 0.25) is 0 Å². The molecule has 0 aliphatic heterocycles. The molecule has 1 aromatic rings. The van der Waals surface area contributed by atoms with E-state index >= 15 is 0 Å². The van der Waals surface area contributed by atoms with Crippen molar-refractivity contribution in [3.05, 3.63) is 35.4 Å². The van der Waals surface area contributed by atoms with Gasteiger partial charge in [-0.3, -0.25) is 0 Å². The lowest BCUT2D eigenvalue weighted by Crippen LogP contribution is -2.18. The molecule has 1 aliphatic rings. The highest BCUT2D eigenvalue weighted by Gasteiger charge is 2.23. The Hall–Kier alpha value is -0.960. The zero-order valence-corrected chi connectivity index (χ0v) is 9.47. The lowest BCUT2D eigenvalue weighted by atomic mass is 10.00. The topological polar surface area (TPSA) is 12.0 Å². The van der Waals surface area contributed by atoms with Crippen LogP contribution in [0, 0.1) is 17.6 Å². The SMILES string of the molecule is CNC(CCC1CC1)c1cc(F)ccc1F. The first-order chi connectivity index (χ1) is 7.70. The predicted octanol–water partition coefficient (Wildman–Crippen LogP) is 3.42. The van der Waals surface area contributed by atoms with Gasteiger partial charge in [0.05, 0.1) is 0 Å². The van der Waals surface area contributed by atoms with Crippen molar-refractivity contribution in [2.45, 2.75) is 31.7 Å². The lowest BCUT2D eigenvalue weighted by Gasteiger charge is -2.17. The molecule has 1 nitrogen and oxygen atoms in total. The summed E-state index contributed by atoms with van der Waals surface area (Å²) in [6, 6.07) is 3.58. The minimum atomic E-state index is -0.372. The Bertz CT molecular complexity index is 361. The summed E-state index contributed by atoms with van der Waals surface area (Å²) >= 11 is 0. The second kappa shape index (κ2) is 4.91. The van der Waals surface area contributed by atoms with Crippen molar-refractivity contribution in [2.24, 2.45) is 5.92 Å². The van der Waals surface area contributed by atoms with Gasteiger partial charge < -0.3 is 5.32 Å². The minimum Gasteiger partial charge on any atom is -0.313 e. The fourth-order valence-corrected chi connectivity index (χ4v) is 2.05. The molecule has 0 amide bonds. The number of hydrogen-bond acceptors (Lipinski definition) is 1. The minimum absolute atomic E-state index is 0.0729. The van der Waals surface area contributed by atoms with Gasteiger partial charge in [-0.05, 0) is 44.0 Å². The number of halogens is 2. The Morgan fingerprint density at radius 2 is 2.12 bits per heavy atom. The van der Waals surface area contributed by atoms with Crippen molar-refractivity contribution in [3.63, 3.8) is 0 Å². The Kier molecular flexibility index (Phi) is 3.54. The molecule has 0 bridgehead atoms. The molecule has 16 heavy (non-hydrogen) atoms. The molecule has 3 heteroatoms. The van der Waals surface area contributed by atoms with E-state index in [1.165, 1.54) is 25.0 Å². The van der Waals surface area contributed by atoms with E-state index in [-0.39, 0.29) is 17.7 Å². The Morgan fingerprint density at radius 1 is 1.38 bits per heavy atom. The van der Waals surface area contributed by atoms with Crippen LogP contribution in [-0.4, -0.2) is 7.05 Å². The summed E-state index contributed by atoms with van der Waals surface area (Å²) in [4.78, 5) is 0. The largest absolute Gasteiger partial charge is 0.313 e. The van der Waals surface area contributed by atoms with Crippen molar-refractivity contribution in [3.8, 4) is 0 Å². The molecule has 1 fully saturated rings. The van der Waals surface area contributed by atoms with E-state index in [0.29, 0.717) is 5.56 Å². The zero-order chi connectivity index (χ0) is 11.5. The van der Waals surface area contributed by atoms with Gasteiger partial charge >= 0.3 is 0 Å². The standard InChI is InChI=1S/C13H17F2N/c1-16-13(7-4-9-2-3-9)11-8-10(14)5-6-12(11)15/h5-6,8-9,13,16H,2-4,7H2,1H3. The molecule has 1 aliphatic carbocycles. The molecule has 1 unspecified atom stereocenters. The fourth-order valence-electron chi connectivity index (χ4n) is 2.05. The highest BCUT2D eigenvalue weighted by Crippen LogP contribution is 2.36. The highest BCUT2D eigenvalue weighted by atomic mass is 19.1. The number of rotatable bonds is 5. The van der Waals surface area contributed by atoms with E-state index in [0.717, 1.165) is 24.8 Å². The van der Waals surface area contributed by atoms with Crippen LogP contribution in [0.25, 0.3) is 0 Å². The zero-order valence-electron chi connectivity index (χ0n) is 9.47. The van der Waals surface area contributed by atoms with Gasteiger partial charge in [0.1, 0.15) is 11.6 Å². The first kappa shape index (κ1) is 11.5. The molecule has 88 valence electrons. The molecule has 0 saturated heterocycles. The van der Waals surface area contributed by atoms with Gasteiger partial charge in [-0.25, -0.2) is 8.78 Å². The van der Waals surface area contributed by atoms with Crippen molar-refractivity contribution < 1.29 is 8.78 Å². The van der Waals surface area contributed by atoms with E-state index in [9.17, 15) is 8.78 Å². The summed E-state index contributed by atoms with van der Waals surface area (Å²) in [5.74, 6) is 0.118. The van der Waals surface area contributed by atoms with Crippen molar-refractivity contribution in [1.82, 2.24) is 5.32 Å². The Balaban J connectivity index is 2.07. The van der Waals surface area contributed by atoms with Crippen LogP contribution in [0.3, 0.4) is 0 Å². The third-order valence-corrected chi connectivity index (χ3v) is 3.24. The summed E-state index contributed by atoms with van der Waals surface area (Å²) in [5.41, 5.74) is 0.447. The molecule has 1 aromatic carbocycles. The average Bonchev–Trinajstić information content (AvgIpc) is 3.07. The van der Waals surface area contributed by atoms with E-state index in [4.69, 9.17) is 0 Å². The van der Waals surface area contributed by atoms with Crippen LogP contribution in [0.1, 0.15) is 37.3 Å². The molecule has 1 N–H and O–H groups in total. The van der Waals surface area contributed by atoms with E-state index in [1.807, 2.05) is 0 Å². The molecular weight excluding hydrogens is 208 g/mol. The normalized spacial score (nSPS) is 17.4. The van der Waals surface area contributed by atoms with Gasteiger partial charge in [0.25, 0.3) is 0 Å². The van der Waals surface area contributed by atoms with Crippen molar-refractivity contribution >= 4 is 0 Å².